The maximum Gasteiger partial charge on any atom is 0.451 e. The summed E-state index contributed by atoms with van der Waals surface area (Å²) in [4.78, 5) is 129. The number of nitrogens with one attached hydrogen (secondary N) is 4. The van der Waals surface area contributed by atoms with Gasteiger partial charge in [0.15, 0.2) is 15.4 Å². The van der Waals surface area contributed by atoms with E-state index in [0.29, 0.717) is 112 Å². The van der Waals surface area contributed by atoms with Crippen LogP contribution in [0.15, 0.2) is 191 Å². The summed E-state index contributed by atoms with van der Waals surface area (Å²) in [6, 6.07) is 24.4. The fourth-order valence-corrected chi connectivity index (χ4v) is 16.9. The van der Waals surface area contributed by atoms with Gasteiger partial charge in [-0.25, -0.2) is 44.9 Å². The van der Waals surface area contributed by atoms with Crippen molar-refractivity contribution in [2.45, 2.75) is 105 Å². The topological polar surface area (TPSA) is 389 Å². The number of carbonyl (C=O) groups is 6. The molecule has 0 radical (unpaired) electrons. The number of thioether (sulfide) groups is 3. The van der Waals surface area contributed by atoms with Crippen LogP contribution in [0.25, 0.3) is 0 Å². The Morgan fingerprint density at radius 3 is 1.02 bits per heavy atom. The van der Waals surface area contributed by atoms with Crippen molar-refractivity contribution < 1.29 is 78.1 Å². The molecule has 3 aliphatic rings. The van der Waals surface area contributed by atoms with Crippen molar-refractivity contribution in [3.05, 3.63) is 255 Å². The van der Waals surface area contributed by atoms with Crippen molar-refractivity contribution in [1.29, 1.82) is 0 Å². The number of nitrogen functional groups attached to an aromatic ring is 1. The average Bonchev–Trinajstić information content (AvgIpc) is 1.34. The molecule has 3 aliphatic heterocycles. The Kier molecular flexibility index (Phi) is 34.9. The maximum absolute atomic E-state index is 13.0. The molecule has 6 aromatic heterocycles. The van der Waals surface area contributed by atoms with Gasteiger partial charge in [0, 0.05) is 170 Å². The molecule has 3 saturated heterocycles. The first-order valence-corrected chi connectivity index (χ1v) is 42.2. The summed E-state index contributed by atoms with van der Waals surface area (Å²) in [5.74, 6) is -2.80. The number of allylic oxidation sites excluding steroid dienone is 1. The molecule has 9 heterocycles. The Morgan fingerprint density at radius 2 is 0.746 bits per heavy atom. The number of nitrogens with zero attached hydrogens (tertiary/aromatic N) is 14. The van der Waals surface area contributed by atoms with Crippen LogP contribution in [0, 0.1) is 20.2 Å². The molecule has 3 fully saturated rings. The average molecular weight is 1840 g/mol. The second-order valence-electron chi connectivity index (χ2n) is 26.0. The summed E-state index contributed by atoms with van der Waals surface area (Å²) in [7, 11) is 0. The summed E-state index contributed by atoms with van der Waals surface area (Å²) in [5, 5.41) is 34.8. The normalized spacial score (nSPS) is 15.1. The molecule has 3 atom stereocenters. The van der Waals surface area contributed by atoms with Crippen molar-refractivity contribution in [3.63, 3.8) is 0 Å². The van der Waals surface area contributed by atoms with Gasteiger partial charge in [-0.05, 0) is 163 Å². The van der Waals surface area contributed by atoms with Gasteiger partial charge in [-0.3, -0.25) is 49.0 Å². The van der Waals surface area contributed by atoms with Gasteiger partial charge in [-0.2, -0.15) is 39.5 Å². The van der Waals surface area contributed by atoms with Gasteiger partial charge in [-0.1, -0.05) is 47.2 Å². The Balaban J connectivity index is 0.000000189. The molecule has 4 aromatic carbocycles. The number of nitrogens with two attached hydrogens (primary N) is 1. The number of aromatic nitrogens is 9. The number of likely N-dealkylation sites (tertiary alicyclic amines) is 3. The predicted molar refractivity (Wildman–Crippen MR) is 447 cm³/mol. The van der Waals surface area contributed by atoms with Crippen LogP contribution in [0.4, 0.5) is 77.7 Å². The fraction of sp³-hybridized carbons (Fsp3) is 0.276. The van der Waals surface area contributed by atoms with Crippen molar-refractivity contribution in [2.24, 2.45) is 0 Å². The van der Waals surface area contributed by atoms with Gasteiger partial charge in [0.1, 0.15) is 0 Å². The number of halogens is 11. The van der Waals surface area contributed by atoms with Crippen LogP contribution in [0.5, 0.6) is 0 Å². The van der Waals surface area contributed by atoms with E-state index >= 15 is 0 Å². The number of benzene rings is 4. The lowest BCUT2D eigenvalue weighted by Gasteiger charge is -2.33. The molecule has 0 aliphatic carbocycles. The van der Waals surface area contributed by atoms with Crippen LogP contribution in [-0.4, -0.2) is 161 Å². The second-order valence-corrected chi connectivity index (χ2v) is 33.7. The van der Waals surface area contributed by atoms with Gasteiger partial charge in [0.25, 0.3) is 34.3 Å². The van der Waals surface area contributed by atoms with E-state index in [1.807, 2.05) is 4.90 Å². The Labute approximate surface area is 723 Å². The van der Waals surface area contributed by atoms with Crippen LogP contribution in [0.1, 0.15) is 114 Å². The number of nitro benzene ring substituents is 2. The van der Waals surface area contributed by atoms with Crippen molar-refractivity contribution in [1.82, 2.24) is 59.6 Å². The fourth-order valence-electron chi connectivity index (χ4n) is 11.2. The third-order valence-corrected chi connectivity index (χ3v) is 24.1. The van der Waals surface area contributed by atoms with Crippen LogP contribution in [0.2, 0.25) is 0 Å². The molecule has 122 heavy (non-hydrogen) atoms. The minimum absolute atomic E-state index is 0.00180. The first-order chi connectivity index (χ1) is 58.0. The van der Waals surface area contributed by atoms with Gasteiger partial charge >= 0.3 is 18.5 Å². The first kappa shape index (κ1) is 94.6. The zero-order chi connectivity index (χ0) is 88.3. The number of piperidine rings is 3. The molecule has 10 aromatic rings. The molecule has 642 valence electrons. The van der Waals surface area contributed by atoms with Crippen LogP contribution in [-0.2, 0) is 45.4 Å². The lowest BCUT2D eigenvalue weighted by molar-refractivity contribution is -0.385. The number of carbonyl (C=O) groups excluding carboxylic acids is 6. The summed E-state index contributed by atoms with van der Waals surface area (Å²) in [6.45, 7) is 10.0. The van der Waals surface area contributed by atoms with Crippen LogP contribution < -0.4 is 27.0 Å². The number of hydrogen-bond donors (Lipinski definition) is 5. The van der Waals surface area contributed by atoms with E-state index in [2.05, 4.69) is 79.3 Å². The largest absolute Gasteiger partial charge is 0.451 e. The minimum Gasteiger partial charge on any atom is -0.399 e. The lowest BCUT2D eigenvalue weighted by atomic mass is 10.0. The highest BCUT2D eigenvalue weighted by atomic mass is 35.5. The van der Waals surface area contributed by atoms with Crippen molar-refractivity contribution in [3.8, 4) is 0 Å². The molecule has 0 bridgehead atoms. The highest BCUT2D eigenvalue weighted by molar-refractivity contribution is 8.01. The quantitative estimate of drug-likeness (QED) is 0.00713. The molecule has 0 unspecified atom stereocenters. The summed E-state index contributed by atoms with van der Waals surface area (Å²) in [6.07, 6.45) is 5.97. The molecular weight excluding hydrogens is 1770 g/mol. The third kappa shape index (κ3) is 30.1. The highest BCUT2D eigenvalue weighted by Crippen LogP contribution is 2.37. The van der Waals surface area contributed by atoms with Crippen LogP contribution in [0.3, 0.4) is 0 Å². The van der Waals surface area contributed by atoms with E-state index in [9.17, 15) is 88.5 Å². The van der Waals surface area contributed by atoms with E-state index in [1.54, 1.807) is 76.9 Å². The number of hydrogen-bond acceptors (Lipinski definition) is 29. The van der Waals surface area contributed by atoms with Crippen molar-refractivity contribution in [2.75, 3.05) is 66.3 Å². The van der Waals surface area contributed by atoms with E-state index in [0.717, 1.165) is 62.4 Å². The number of non-ortho nitro benzene ring substituents is 2. The molecular formula is C76H70Cl2F9N19O10S6. The van der Waals surface area contributed by atoms with E-state index in [1.165, 1.54) is 161 Å². The van der Waals surface area contributed by atoms with Crippen LogP contribution >= 0.6 is 92.5 Å². The number of rotatable bonds is 24. The van der Waals surface area contributed by atoms with Crippen molar-refractivity contribution >= 4 is 165 Å². The predicted octanol–water partition coefficient (Wildman–Crippen LogP) is 17.4. The number of anilines is 5. The smallest absolute Gasteiger partial charge is 0.399 e. The van der Waals surface area contributed by atoms with Gasteiger partial charge < -0.3 is 41.7 Å². The molecule has 0 saturated carbocycles. The summed E-state index contributed by atoms with van der Waals surface area (Å²) < 4.78 is 116. The highest BCUT2D eigenvalue weighted by Gasteiger charge is 2.37. The summed E-state index contributed by atoms with van der Waals surface area (Å²) >= 11 is 18.5. The molecule has 13 rings (SSSR count). The number of amides is 4. The molecule has 0 spiro atoms. The number of alkyl halides is 9. The molecule has 4 amide bonds. The monoisotopic (exact) mass is 1840 g/mol. The molecule has 46 heteroatoms. The first-order valence-electron chi connectivity index (χ1n) is 36.0. The second kappa shape index (κ2) is 45.0. The lowest BCUT2D eigenvalue weighted by Crippen LogP contribution is -2.45. The standard InChI is InChI=1S/C24H23F3N6O2S2.C21H19F3N6O3S2.C21H21F3N6OS2.C7H4ClNO3.C3H3ClO/c1-2-19(34)31-17-7-5-16(6-8-17)21(35)33-9-3-4-18(13-33)32-23-30-12-20(37-23)36-14-15-10-28-22(29-11-15)24(25,26)27;22-21(23,24)19-25-8-13(9-26-19)12-34-17-10-27-20(35-17)28-15-2-1-7-29(11-15)18(31)14-3-5-16(6-4-14)30(32)33;22-21(23,24)19-26-8-13(9-27-19)12-32-17-10-28-20(33-17)29-16-2-1-7-30(11-16)18(31)14-3-5-15(25)6-4-14;8-7(10)5-1-3-6(4-2-5)9(11)12;1-2-3(4)5/h2,5-8,10-12,18H,1,3-4,9,13-14H2,(H,30,32)(H,31,34);3-6,8-10,15H,1-2,7,11-12H2,(H,27,28);3-6,8-10,16H,1-2,7,11-12,25H2,(H,28,29);1-4H;2H,1H2/t18-;15-;16-;;/m111../s1. The zero-order valence-corrected chi connectivity index (χ0v) is 69.8. The molecule has 6 N–H and O–H groups in total. The Hall–Kier alpha value is -11.3. The van der Waals surface area contributed by atoms with Gasteiger partial charge in [0.05, 0.1) is 41.1 Å². The maximum atomic E-state index is 13.0. The molecule has 29 nitrogen and oxygen atoms in total. The van der Waals surface area contributed by atoms with Gasteiger partial charge in [-0.15, -0.1) is 35.3 Å². The van der Waals surface area contributed by atoms with Gasteiger partial charge in [0.2, 0.25) is 28.6 Å². The SMILES string of the molecule is C=CC(=O)Cl.C=CC(=O)Nc1ccc(C(=O)N2CCC[C@@H](Nc3ncc(SCc4cnc(C(F)(F)F)nc4)s3)C2)cc1.Nc1ccc(C(=O)N2CCC[C@@H](Nc3ncc(SCc4cnc(C(F)(F)F)nc4)s3)C2)cc1.O=C(Cl)c1ccc([N+](=O)[O-])cc1.O=C(c1ccc([N+](=O)[O-])cc1)N1CCC[C@@H](Nc2ncc(SCc3cnc(C(F)(F)F)nc3)s2)C1. The summed E-state index contributed by atoms with van der Waals surface area (Å²) in [5.41, 5.74) is 10.3. The number of thiazole rings is 3. The number of nitro groups is 2. The van der Waals surface area contributed by atoms with E-state index in [-0.39, 0.29) is 58.7 Å². The zero-order valence-electron chi connectivity index (χ0n) is 63.4. The third-order valence-electron chi connectivity index (χ3n) is 17.1. The Morgan fingerprint density at radius 1 is 0.459 bits per heavy atom. The Bertz CT molecular complexity index is 5200. The van der Waals surface area contributed by atoms with E-state index in [4.69, 9.17) is 28.9 Å². The van der Waals surface area contributed by atoms with E-state index < -0.39 is 56.3 Å². The minimum atomic E-state index is -4.56.